The maximum absolute atomic E-state index is 13.4. The molecule has 0 saturated carbocycles. The van der Waals surface area contributed by atoms with Crippen molar-refractivity contribution in [3.63, 3.8) is 0 Å². The van der Waals surface area contributed by atoms with Gasteiger partial charge in [0.2, 0.25) is 0 Å². The molecule has 0 radical (unpaired) electrons. The Kier molecular flexibility index (Phi) is 5.28. The van der Waals surface area contributed by atoms with Crippen LogP contribution in [0.1, 0.15) is 5.56 Å². The standard InChI is InChI=1S/C19H15ClFNOS/c20-14-8-10-15(11-9-14)24-18-7-2-1-4-13(18)12-22-17-6-3-5-16(21)19(17)23/h1-11,22-23H,12H2. The Hall–Kier alpha value is -2.17. The van der Waals surface area contributed by atoms with E-state index >= 15 is 0 Å². The van der Waals surface area contributed by atoms with E-state index in [0.717, 1.165) is 15.4 Å². The number of halogens is 2. The Morgan fingerprint density at radius 1 is 0.958 bits per heavy atom. The van der Waals surface area contributed by atoms with Crippen LogP contribution in [-0.2, 0) is 6.54 Å². The van der Waals surface area contributed by atoms with Gasteiger partial charge >= 0.3 is 0 Å². The van der Waals surface area contributed by atoms with Crippen molar-refractivity contribution in [3.8, 4) is 5.75 Å². The summed E-state index contributed by atoms with van der Waals surface area (Å²) in [6.07, 6.45) is 0. The molecule has 122 valence electrons. The summed E-state index contributed by atoms with van der Waals surface area (Å²) in [6, 6.07) is 20.0. The highest BCUT2D eigenvalue weighted by Crippen LogP contribution is 2.32. The monoisotopic (exact) mass is 359 g/mol. The van der Waals surface area contributed by atoms with Crippen LogP contribution in [0, 0.1) is 5.82 Å². The molecule has 3 aromatic rings. The van der Waals surface area contributed by atoms with Crippen LogP contribution in [0.25, 0.3) is 0 Å². The van der Waals surface area contributed by atoms with Crippen molar-refractivity contribution in [1.29, 1.82) is 0 Å². The van der Waals surface area contributed by atoms with Crippen molar-refractivity contribution in [3.05, 3.63) is 83.1 Å². The maximum atomic E-state index is 13.4. The Balaban J connectivity index is 1.76. The van der Waals surface area contributed by atoms with Crippen molar-refractivity contribution in [2.75, 3.05) is 5.32 Å². The second-order valence-electron chi connectivity index (χ2n) is 5.15. The third-order valence-corrected chi connectivity index (χ3v) is 4.85. The van der Waals surface area contributed by atoms with E-state index in [4.69, 9.17) is 11.6 Å². The fourth-order valence-corrected chi connectivity index (χ4v) is 3.30. The predicted octanol–water partition coefficient (Wildman–Crippen LogP) is 5.95. The lowest BCUT2D eigenvalue weighted by Gasteiger charge is -2.12. The summed E-state index contributed by atoms with van der Waals surface area (Å²) in [6.45, 7) is 0.480. The zero-order chi connectivity index (χ0) is 16.9. The van der Waals surface area contributed by atoms with E-state index in [0.29, 0.717) is 17.3 Å². The lowest BCUT2D eigenvalue weighted by molar-refractivity contribution is 0.434. The van der Waals surface area contributed by atoms with Crippen molar-refractivity contribution in [2.45, 2.75) is 16.3 Å². The molecule has 0 aliphatic heterocycles. The summed E-state index contributed by atoms with van der Waals surface area (Å²) < 4.78 is 13.4. The third-order valence-electron chi connectivity index (χ3n) is 3.47. The van der Waals surface area contributed by atoms with E-state index in [1.165, 1.54) is 6.07 Å². The van der Waals surface area contributed by atoms with Gasteiger partial charge in [-0.05, 0) is 48.0 Å². The van der Waals surface area contributed by atoms with Crippen molar-refractivity contribution >= 4 is 29.1 Å². The van der Waals surface area contributed by atoms with Crippen LogP contribution < -0.4 is 5.32 Å². The molecule has 2 N–H and O–H groups in total. The van der Waals surface area contributed by atoms with Gasteiger partial charge in [0.05, 0.1) is 5.69 Å². The number of nitrogens with one attached hydrogen (secondary N) is 1. The molecule has 2 nitrogen and oxygen atoms in total. The highest BCUT2D eigenvalue weighted by atomic mass is 35.5. The molecule has 5 heteroatoms. The number of phenolic OH excluding ortho intramolecular Hbond substituents is 1. The first-order chi connectivity index (χ1) is 11.6. The molecule has 0 amide bonds. The molecule has 0 aromatic heterocycles. The fourth-order valence-electron chi connectivity index (χ4n) is 2.23. The summed E-state index contributed by atoms with van der Waals surface area (Å²) in [5.74, 6) is -0.996. The average Bonchev–Trinajstić information content (AvgIpc) is 2.59. The number of benzene rings is 3. The molecule has 3 rings (SSSR count). The van der Waals surface area contributed by atoms with Gasteiger partial charge in [-0.25, -0.2) is 4.39 Å². The van der Waals surface area contributed by atoms with E-state index in [2.05, 4.69) is 5.32 Å². The van der Waals surface area contributed by atoms with Gasteiger partial charge in [0, 0.05) is 21.4 Å². The Labute approximate surface area is 149 Å². The molecule has 0 fully saturated rings. The van der Waals surface area contributed by atoms with Crippen LogP contribution in [0.3, 0.4) is 0 Å². The molecule has 0 atom stereocenters. The van der Waals surface area contributed by atoms with Crippen LogP contribution in [0.5, 0.6) is 5.75 Å². The topological polar surface area (TPSA) is 32.3 Å². The average molecular weight is 360 g/mol. The van der Waals surface area contributed by atoms with Crippen LogP contribution in [-0.4, -0.2) is 5.11 Å². The predicted molar refractivity (Wildman–Crippen MR) is 97.4 cm³/mol. The molecule has 0 aliphatic carbocycles. The molecule has 0 unspecified atom stereocenters. The zero-order valence-electron chi connectivity index (χ0n) is 12.7. The van der Waals surface area contributed by atoms with E-state index in [9.17, 15) is 9.50 Å². The van der Waals surface area contributed by atoms with E-state index in [1.807, 2.05) is 48.5 Å². The minimum Gasteiger partial charge on any atom is -0.503 e. The lowest BCUT2D eigenvalue weighted by Crippen LogP contribution is -2.01. The Morgan fingerprint density at radius 3 is 2.50 bits per heavy atom. The quantitative estimate of drug-likeness (QED) is 0.552. The highest BCUT2D eigenvalue weighted by Gasteiger charge is 2.08. The van der Waals surface area contributed by atoms with Gasteiger partial charge in [-0.3, -0.25) is 0 Å². The first-order valence-corrected chi connectivity index (χ1v) is 8.55. The van der Waals surface area contributed by atoms with Gasteiger partial charge in [0.25, 0.3) is 0 Å². The van der Waals surface area contributed by atoms with Crippen LogP contribution >= 0.6 is 23.4 Å². The Bertz CT molecular complexity index is 839. The summed E-state index contributed by atoms with van der Waals surface area (Å²) in [5.41, 5.74) is 1.43. The molecule has 24 heavy (non-hydrogen) atoms. The summed E-state index contributed by atoms with van der Waals surface area (Å²) >= 11 is 7.55. The van der Waals surface area contributed by atoms with Gasteiger partial charge in [-0.15, -0.1) is 0 Å². The number of phenols is 1. The lowest BCUT2D eigenvalue weighted by atomic mass is 10.2. The van der Waals surface area contributed by atoms with Gasteiger partial charge in [-0.1, -0.05) is 47.6 Å². The number of hydrogen-bond donors (Lipinski definition) is 2. The molecular formula is C19H15ClFNOS. The zero-order valence-corrected chi connectivity index (χ0v) is 14.2. The van der Waals surface area contributed by atoms with Crippen molar-refractivity contribution in [1.82, 2.24) is 0 Å². The maximum Gasteiger partial charge on any atom is 0.174 e. The number of para-hydroxylation sites is 1. The van der Waals surface area contributed by atoms with Gasteiger partial charge < -0.3 is 10.4 Å². The minimum atomic E-state index is -0.635. The SMILES string of the molecule is Oc1c(F)cccc1NCc1ccccc1Sc1ccc(Cl)cc1. The molecule has 0 heterocycles. The van der Waals surface area contributed by atoms with Gasteiger partial charge in [-0.2, -0.15) is 0 Å². The van der Waals surface area contributed by atoms with Crippen molar-refractivity contribution in [2.24, 2.45) is 0 Å². The number of aromatic hydroxyl groups is 1. The van der Waals surface area contributed by atoms with E-state index in [1.54, 1.807) is 23.9 Å². The van der Waals surface area contributed by atoms with Crippen LogP contribution in [0.15, 0.2) is 76.5 Å². The van der Waals surface area contributed by atoms with E-state index < -0.39 is 5.82 Å². The number of hydrogen-bond acceptors (Lipinski definition) is 3. The third kappa shape index (κ3) is 4.02. The largest absolute Gasteiger partial charge is 0.503 e. The summed E-state index contributed by atoms with van der Waals surface area (Å²) in [7, 11) is 0. The van der Waals surface area contributed by atoms with E-state index in [-0.39, 0.29) is 5.75 Å². The van der Waals surface area contributed by atoms with Crippen LogP contribution in [0.2, 0.25) is 5.02 Å². The second-order valence-corrected chi connectivity index (χ2v) is 6.71. The Morgan fingerprint density at radius 2 is 1.71 bits per heavy atom. The molecular weight excluding hydrogens is 345 g/mol. The molecule has 0 spiro atoms. The summed E-state index contributed by atoms with van der Waals surface area (Å²) in [5, 5.41) is 13.5. The fraction of sp³-hybridized carbons (Fsp3) is 0.0526. The van der Waals surface area contributed by atoms with Crippen molar-refractivity contribution < 1.29 is 9.50 Å². The number of anilines is 1. The normalized spacial score (nSPS) is 10.6. The molecule has 0 aliphatic rings. The van der Waals surface area contributed by atoms with Gasteiger partial charge in [0.15, 0.2) is 11.6 Å². The molecule has 3 aromatic carbocycles. The first kappa shape index (κ1) is 16.7. The smallest absolute Gasteiger partial charge is 0.174 e. The highest BCUT2D eigenvalue weighted by molar-refractivity contribution is 7.99. The van der Waals surface area contributed by atoms with Crippen LogP contribution in [0.4, 0.5) is 10.1 Å². The summed E-state index contributed by atoms with van der Waals surface area (Å²) in [4.78, 5) is 2.17. The minimum absolute atomic E-state index is 0.361. The second kappa shape index (κ2) is 7.60. The molecule has 0 saturated heterocycles. The van der Waals surface area contributed by atoms with Gasteiger partial charge in [0.1, 0.15) is 0 Å². The number of rotatable bonds is 5. The first-order valence-electron chi connectivity index (χ1n) is 7.36. The molecule has 0 bridgehead atoms.